The molecule has 0 bridgehead atoms. The summed E-state index contributed by atoms with van der Waals surface area (Å²) in [7, 11) is 3.99. The molecule has 0 aromatic carbocycles. The van der Waals surface area contributed by atoms with Crippen molar-refractivity contribution in [2.45, 2.75) is 6.42 Å². The maximum Gasteiger partial charge on any atom is 0.263 e. The Bertz CT molecular complexity index is 460. The molecule has 0 radical (unpaired) electrons. The first-order valence-electron chi connectivity index (χ1n) is 4.93. The predicted molar refractivity (Wildman–Crippen MR) is 58.6 cm³/mol. The molecule has 2 aromatic heterocycles. The van der Waals surface area contributed by atoms with Crippen LogP contribution in [0.15, 0.2) is 10.7 Å². The molecule has 0 aliphatic carbocycles. The highest BCUT2D eigenvalue weighted by Crippen LogP contribution is 2.21. The van der Waals surface area contributed by atoms with Crippen LogP contribution in [0.1, 0.15) is 5.82 Å². The number of H-pyrrole nitrogens is 1. The number of nitrogens with one attached hydrogen (secondary N) is 1. The van der Waals surface area contributed by atoms with Crippen LogP contribution in [0.5, 0.6) is 0 Å². The molecule has 0 spiro atoms. The number of anilines is 1. The predicted octanol–water partition coefficient (Wildman–Crippen LogP) is 0.146. The molecular formula is C9H14N6O. The molecule has 0 saturated carbocycles. The second kappa shape index (κ2) is 4.31. The van der Waals surface area contributed by atoms with E-state index in [4.69, 9.17) is 10.3 Å². The third-order valence-corrected chi connectivity index (χ3v) is 2.15. The summed E-state index contributed by atoms with van der Waals surface area (Å²) in [4.78, 5) is 6.30. The summed E-state index contributed by atoms with van der Waals surface area (Å²) in [6.45, 7) is 0.875. The Kier molecular flexibility index (Phi) is 2.86. The lowest BCUT2D eigenvalue weighted by Crippen LogP contribution is -2.15. The number of hydrogen-bond acceptors (Lipinski definition) is 6. The van der Waals surface area contributed by atoms with Gasteiger partial charge in [0.05, 0.1) is 6.20 Å². The monoisotopic (exact) mass is 222 g/mol. The van der Waals surface area contributed by atoms with E-state index in [-0.39, 0.29) is 0 Å². The van der Waals surface area contributed by atoms with Gasteiger partial charge in [-0.25, -0.2) is 0 Å². The van der Waals surface area contributed by atoms with E-state index >= 15 is 0 Å². The SMILES string of the molecule is CN(C)CCc1noc(-c2cn[nH]c2N)n1. The van der Waals surface area contributed by atoms with Gasteiger partial charge >= 0.3 is 0 Å². The summed E-state index contributed by atoms with van der Waals surface area (Å²) >= 11 is 0. The van der Waals surface area contributed by atoms with Gasteiger partial charge < -0.3 is 15.2 Å². The largest absolute Gasteiger partial charge is 0.383 e. The lowest BCUT2D eigenvalue weighted by molar-refractivity contribution is 0.392. The summed E-state index contributed by atoms with van der Waals surface area (Å²) in [5, 5.41) is 10.3. The number of nitrogen functional groups attached to an aromatic ring is 1. The van der Waals surface area contributed by atoms with Gasteiger partial charge in [0.2, 0.25) is 0 Å². The van der Waals surface area contributed by atoms with Gasteiger partial charge in [0, 0.05) is 13.0 Å². The molecule has 0 aliphatic heterocycles. The Morgan fingerprint density at radius 2 is 2.31 bits per heavy atom. The smallest absolute Gasteiger partial charge is 0.263 e. The van der Waals surface area contributed by atoms with Gasteiger partial charge in [-0.1, -0.05) is 5.16 Å². The van der Waals surface area contributed by atoms with Crippen molar-refractivity contribution in [1.82, 2.24) is 25.2 Å². The molecule has 2 heterocycles. The molecule has 0 fully saturated rings. The van der Waals surface area contributed by atoms with Crippen LogP contribution in [0.4, 0.5) is 5.82 Å². The van der Waals surface area contributed by atoms with E-state index in [0.717, 1.165) is 13.0 Å². The van der Waals surface area contributed by atoms with Crippen LogP contribution in [-0.4, -0.2) is 45.9 Å². The van der Waals surface area contributed by atoms with Crippen molar-refractivity contribution < 1.29 is 4.52 Å². The molecule has 7 heteroatoms. The summed E-state index contributed by atoms with van der Waals surface area (Å²) in [5.74, 6) is 1.51. The molecule has 3 N–H and O–H groups in total. The lowest BCUT2D eigenvalue weighted by atomic mass is 10.3. The molecule has 86 valence electrons. The molecule has 16 heavy (non-hydrogen) atoms. The quantitative estimate of drug-likeness (QED) is 0.764. The van der Waals surface area contributed by atoms with Gasteiger partial charge in [-0.3, -0.25) is 5.10 Å². The first-order valence-corrected chi connectivity index (χ1v) is 4.93. The Balaban J connectivity index is 2.11. The first-order chi connectivity index (χ1) is 7.66. The number of likely N-dealkylation sites (N-methyl/N-ethyl adjacent to an activating group) is 1. The van der Waals surface area contributed by atoms with E-state index in [2.05, 4.69) is 25.2 Å². The van der Waals surface area contributed by atoms with Crippen LogP contribution in [0.25, 0.3) is 11.5 Å². The number of rotatable bonds is 4. The van der Waals surface area contributed by atoms with Crippen molar-refractivity contribution >= 4 is 5.82 Å². The van der Waals surface area contributed by atoms with Crippen LogP contribution in [0.3, 0.4) is 0 Å². The molecular weight excluding hydrogens is 208 g/mol. The molecule has 2 rings (SSSR count). The standard InChI is InChI=1S/C9H14N6O/c1-15(2)4-3-7-12-9(16-14-7)6-5-11-13-8(6)10/h5H,3-4H2,1-2H3,(H3,10,11,13). The molecule has 0 saturated heterocycles. The molecule has 0 atom stereocenters. The number of aromatic amines is 1. The summed E-state index contributed by atoms with van der Waals surface area (Å²) in [6.07, 6.45) is 2.31. The van der Waals surface area contributed by atoms with Crippen molar-refractivity contribution in [2.75, 3.05) is 26.4 Å². The minimum Gasteiger partial charge on any atom is -0.383 e. The summed E-state index contributed by atoms with van der Waals surface area (Å²) in [6, 6.07) is 0. The zero-order valence-corrected chi connectivity index (χ0v) is 9.27. The maximum absolute atomic E-state index is 5.65. The highest BCUT2D eigenvalue weighted by Gasteiger charge is 2.13. The minimum absolute atomic E-state index is 0.403. The Hall–Kier alpha value is -1.89. The second-order valence-corrected chi connectivity index (χ2v) is 3.77. The van der Waals surface area contributed by atoms with Gasteiger partial charge in [-0.05, 0) is 14.1 Å². The average molecular weight is 222 g/mol. The normalized spacial score (nSPS) is 11.2. The fourth-order valence-corrected chi connectivity index (χ4v) is 1.26. The number of hydrogen-bond donors (Lipinski definition) is 2. The van der Waals surface area contributed by atoms with Crippen LogP contribution >= 0.6 is 0 Å². The number of aromatic nitrogens is 4. The fraction of sp³-hybridized carbons (Fsp3) is 0.444. The Morgan fingerprint density at radius 3 is 2.94 bits per heavy atom. The summed E-state index contributed by atoms with van der Waals surface area (Å²) in [5.41, 5.74) is 6.29. The number of nitrogens with zero attached hydrogens (tertiary/aromatic N) is 4. The average Bonchev–Trinajstić information content (AvgIpc) is 2.83. The molecule has 0 unspecified atom stereocenters. The van der Waals surface area contributed by atoms with Gasteiger partial charge in [-0.15, -0.1) is 0 Å². The number of nitrogens with two attached hydrogens (primary N) is 1. The highest BCUT2D eigenvalue weighted by molar-refractivity contribution is 5.65. The van der Waals surface area contributed by atoms with Gasteiger partial charge in [0.25, 0.3) is 5.89 Å². The van der Waals surface area contributed by atoms with E-state index in [9.17, 15) is 0 Å². The third kappa shape index (κ3) is 2.19. The van der Waals surface area contributed by atoms with Crippen LogP contribution in [0, 0.1) is 0 Å². The van der Waals surface area contributed by atoms with Crippen molar-refractivity contribution in [1.29, 1.82) is 0 Å². The van der Waals surface area contributed by atoms with E-state index in [0.29, 0.717) is 23.1 Å². The van der Waals surface area contributed by atoms with Gasteiger partial charge in [-0.2, -0.15) is 10.1 Å². The fourth-order valence-electron chi connectivity index (χ4n) is 1.26. The second-order valence-electron chi connectivity index (χ2n) is 3.77. The van der Waals surface area contributed by atoms with Crippen molar-refractivity contribution in [3.8, 4) is 11.5 Å². The lowest BCUT2D eigenvalue weighted by Gasteiger charge is -2.05. The molecule has 0 aliphatic rings. The highest BCUT2D eigenvalue weighted by atomic mass is 16.5. The summed E-state index contributed by atoms with van der Waals surface area (Å²) < 4.78 is 5.10. The van der Waals surface area contributed by atoms with E-state index in [1.165, 1.54) is 0 Å². The molecule has 2 aromatic rings. The zero-order chi connectivity index (χ0) is 11.5. The van der Waals surface area contributed by atoms with Crippen LogP contribution in [0.2, 0.25) is 0 Å². The van der Waals surface area contributed by atoms with Crippen LogP contribution < -0.4 is 5.73 Å². The zero-order valence-electron chi connectivity index (χ0n) is 9.27. The first kappa shape index (κ1) is 10.6. The minimum atomic E-state index is 0.403. The van der Waals surface area contributed by atoms with E-state index < -0.39 is 0 Å². The van der Waals surface area contributed by atoms with Crippen molar-refractivity contribution in [2.24, 2.45) is 0 Å². The Morgan fingerprint density at radius 1 is 1.50 bits per heavy atom. The van der Waals surface area contributed by atoms with E-state index in [1.54, 1.807) is 6.20 Å². The maximum atomic E-state index is 5.65. The Labute approximate surface area is 92.6 Å². The molecule has 7 nitrogen and oxygen atoms in total. The third-order valence-electron chi connectivity index (χ3n) is 2.15. The van der Waals surface area contributed by atoms with E-state index in [1.807, 2.05) is 14.1 Å². The van der Waals surface area contributed by atoms with Crippen molar-refractivity contribution in [3.63, 3.8) is 0 Å². The molecule has 0 amide bonds. The van der Waals surface area contributed by atoms with Gasteiger partial charge in [0.15, 0.2) is 5.82 Å². The van der Waals surface area contributed by atoms with Crippen molar-refractivity contribution in [3.05, 3.63) is 12.0 Å². The van der Waals surface area contributed by atoms with Gasteiger partial charge in [0.1, 0.15) is 11.4 Å². The van der Waals surface area contributed by atoms with Crippen LogP contribution in [-0.2, 0) is 6.42 Å². The topological polar surface area (TPSA) is 96.9 Å².